The number of fused-ring (bicyclic) bond motifs is 2. The average Bonchev–Trinajstić information content (AvgIpc) is 2.35. The molecule has 16 heavy (non-hydrogen) atoms. The Hall–Kier alpha value is -1.79. The van der Waals surface area contributed by atoms with Crippen LogP contribution in [0.1, 0.15) is 12.0 Å². The van der Waals surface area contributed by atoms with E-state index in [-0.39, 0.29) is 0 Å². The molecule has 0 fully saturated rings. The Bertz CT molecular complexity index is 588. The van der Waals surface area contributed by atoms with Gasteiger partial charge in [0.15, 0.2) is 0 Å². The lowest BCUT2D eigenvalue weighted by Crippen LogP contribution is -2.07. The van der Waals surface area contributed by atoms with Gasteiger partial charge in [-0.15, -0.1) is 0 Å². The van der Waals surface area contributed by atoms with Gasteiger partial charge in [0, 0.05) is 17.5 Å². The molecule has 2 aliphatic heterocycles. The molecule has 3 heteroatoms. The van der Waals surface area contributed by atoms with Crippen molar-refractivity contribution in [3.05, 3.63) is 47.2 Å². The molecule has 2 heterocycles. The molecule has 0 N–H and O–H groups in total. The van der Waals surface area contributed by atoms with Gasteiger partial charge in [-0.25, -0.2) is 4.99 Å². The van der Waals surface area contributed by atoms with E-state index >= 15 is 0 Å². The van der Waals surface area contributed by atoms with E-state index < -0.39 is 0 Å². The Morgan fingerprint density at radius 1 is 1.31 bits per heavy atom. The first-order chi connectivity index (χ1) is 7.86. The van der Waals surface area contributed by atoms with Crippen molar-refractivity contribution in [2.24, 2.45) is 4.99 Å². The van der Waals surface area contributed by atoms with Gasteiger partial charge in [-0.05, 0) is 23.3 Å². The van der Waals surface area contributed by atoms with Crippen LogP contribution in [0.4, 0.5) is 0 Å². The monoisotopic (exact) mass is 224 g/mol. The number of hydrogen-bond donors (Lipinski definition) is 0. The van der Waals surface area contributed by atoms with Gasteiger partial charge in [0.05, 0.1) is 11.6 Å². The molecule has 0 saturated heterocycles. The molecule has 2 nitrogen and oxygen atoms in total. The van der Waals surface area contributed by atoms with Crippen LogP contribution < -0.4 is 0 Å². The topological polar surface area (TPSA) is 36.1 Å². The largest absolute Gasteiger partial charge is 0.248 e. The highest BCUT2D eigenvalue weighted by atomic mass is 32.2. The van der Waals surface area contributed by atoms with E-state index in [4.69, 9.17) is 5.26 Å². The third-order valence-electron chi connectivity index (χ3n) is 2.59. The first-order valence-electron chi connectivity index (χ1n) is 5.01. The predicted octanol–water partition coefficient (Wildman–Crippen LogP) is 3.39. The minimum Gasteiger partial charge on any atom is -0.248 e. The maximum Gasteiger partial charge on any atom is 0.104 e. The van der Waals surface area contributed by atoms with Crippen molar-refractivity contribution < 1.29 is 0 Å². The molecule has 1 aromatic rings. The van der Waals surface area contributed by atoms with Gasteiger partial charge >= 0.3 is 0 Å². The number of aliphatic imine (C=N–C) groups is 1. The van der Waals surface area contributed by atoms with Gasteiger partial charge in [0.2, 0.25) is 0 Å². The molecule has 3 rings (SSSR count). The lowest BCUT2D eigenvalue weighted by Gasteiger charge is -2.19. The van der Waals surface area contributed by atoms with Crippen LogP contribution in [-0.4, -0.2) is 5.04 Å². The van der Waals surface area contributed by atoms with E-state index in [9.17, 15) is 0 Å². The number of rotatable bonds is 0. The van der Waals surface area contributed by atoms with Crippen molar-refractivity contribution >= 4 is 22.9 Å². The summed E-state index contributed by atoms with van der Waals surface area (Å²) in [5.41, 5.74) is 3.11. The maximum atomic E-state index is 8.85. The fourth-order valence-corrected chi connectivity index (χ4v) is 2.77. The number of thioether (sulfide) groups is 1. The number of benzene rings is 1. The SMILES string of the molecule is N#CC1=CN=C2Sc3ccccc3C=C2C1. The Balaban J connectivity index is 2.08. The highest BCUT2D eigenvalue weighted by molar-refractivity contribution is 8.14. The highest BCUT2D eigenvalue weighted by Gasteiger charge is 2.20. The maximum absolute atomic E-state index is 8.85. The second kappa shape index (κ2) is 3.66. The Labute approximate surface area is 98.0 Å². The predicted molar refractivity (Wildman–Crippen MR) is 66.0 cm³/mol. The van der Waals surface area contributed by atoms with E-state index in [1.54, 1.807) is 18.0 Å². The Morgan fingerprint density at radius 2 is 2.19 bits per heavy atom. The van der Waals surface area contributed by atoms with Crippen LogP contribution in [0, 0.1) is 11.3 Å². The van der Waals surface area contributed by atoms with Crippen LogP contribution in [-0.2, 0) is 0 Å². The van der Waals surface area contributed by atoms with E-state index in [1.807, 2.05) is 12.1 Å². The lowest BCUT2D eigenvalue weighted by molar-refractivity contribution is 1.19. The molecule has 0 radical (unpaired) electrons. The third-order valence-corrected chi connectivity index (χ3v) is 3.74. The summed E-state index contributed by atoms with van der Waals surface area (Å²) in [5.74, 6) is 0. The molecule has 0 saturated carbocycles. The van der Waals surface area contributed by atoms with E-state index in [1.165, 1.54) is 10.5 Å². The zero-order valence-corrected chi connectivity index (χ0v) is 9.29. The summed E-state index contributed by atoms with van der Waals surface area (Å²) < 4.78 is 0. The van der Waals surface area contributed by atoms with Crippen LogP contribution in [0.25, 0.3) is 6.08 Å². The van der Waals surface area contributed by atoms with Crippen LogP contribution in [0.3, 0.4) is 0 Å². The minimum atomic E-state index is 0.705. The fourth-order valence-electron chi connectivity index (χ4n) is 1.80. The van der Waals surface area contributed by atoms with Crippen LogP contribution in [0.2, 0.25) is 0 Å². The smallest absolute Gasteiger partial charge is 0.104 e. The zero-order valence-electron chi connectivity index (χ0n) is 8.47. The van der Waals surface area contributed by atoms with Crippen LogP contribution in [0.15, 0.2) is 51.5 Å². The zero-order chi connectivity index (χ0) is 11.0. The van der Waals surface area contributed by atoms with Crippen molar-refractivity contribution in [2.75, 3.05) is 0 Å². The fraction of sp³-hybridized carbons (Fsp3) is 0.0769. The molecule has 0 amide bonds. The standard InChI is InChI=1S/C13H8N2S/c14-7-9-5-11-6-10-3-1-2-4-12(10)16-13(11)15-8-9/h1-4,6,8H,5H2. The summed E-state index contributed by atoms with van der Waals surface area (Å²) in [6.07, 6.45) is 4.51. The second-order valence-electron chi connectivity index (χ2n) is 3.69. The van der Waals surface area contributed by atoms with Gasteiger partial charge in [0.25, 0.3) is 0 Å². The summed E-state index contributed by atoms with van der Waals surface area (Å²) >= 11 is 1.68. The number of nitrogens with zero attached hydrogens (tertiary/aromatic N) is 2. The molecule has 76 valence electrons. The molecular weight excluding hydrogens is 216 g/mol. The molecule has 0 atom stereocenters. The normalized spacial score (nSPS) is 17.3. The molecule has 2 aliphatic rings. The average molecular weight is 224 g/mol. The minimum absolute atomic E-state index is 0.705. The van der Waals surface area contributed by atoms with Crippen molar-refractivity contribution in [3.8, 4) is 6.07 Å². The van der Waals surface area contributed by atoms with Crippen molar-refractivity contribution in [2.45, 2.75) is 11.3 Å². The Kier molecular flexibility index (Phi) is 2.16. The molecule has 0 spiro atoms. The summed E-state index contributed by atoms with van der Waals surface area (Å²) in [6.45, 7) is 0. The van der Waals surface area contributed by atoms with E-state index in [0.717, 1.165) is 16.2 Å². The van der Waals surface area contributed by atoms with Gasteiger partial charge in [-0.3, -0.25) is 0 Å². The van der Waals surface area contributed by atoms with Crippen molar-refractivity contribution in [1.82, 2.24) is 0 Å². The summed E-state index contributed by atoms with van der Waals surface area (Å²) in [5, 5.41) is 9.88. The molecule has 0 aliphatic carbocycles. The van der Waals surface area contributed by atoms with Crippen LogP contribution >= 0.6 is 11.8 Å². The first-order valence-corrected chi connectivity index (χ1v) is 5.83. The highest BCUT2D eigenvalue weighted by Crippen LogP contribution is 2.37. The molecule has 0 bridgehead atoms. The number of hydrogen-bond acceptors (Lipinski definition) is 3. The molecule has 1 aromatic carbocycles. The summed E-state index contributed by atoms with van der Waals surface area (Å²) in [7, 11) is 0. The number of allylic oxidation sites excluding steroid dienone is 1. The molecular formula is C13H8N2S. The van der Waals surface area contributed by atoms with Crippen LogP contribution in [0.5, 0.6) is 0 Å². The van der Waals surface area contributed by atoms with Crippen molar-refractivity contribution in [3.63, 3.8) is 0 Å². The van der Waals surface area contributed by atoms with Gasteiger partial charge in [-0.2, -0.15) is 5.26 Å². The van der Waals surface area contributed by atoms with Crippen molar-refractivity contribution in [1.29, 1.82) is 5.26 Å². The quantitative estimate of drug-likeness (QED) is 0.677. The third kappa shape index (κ3) is 1.48. The second-order valence-corrected chi connectivity index (χ2v) is 4.72. The summed E-state index contributed by atoms with van der Waals surface area (Å²) in [6, 6.07) is 10.4. The lowest BCUT2D eigenvalue weighted by atomic mass is 10.0. The number of nitriles is 1. The van der Waals surface area contributed by atoms with E-state index in [0.29, 0.717) is 6.42 Å². The Morgan fingerprint density at radius 3 is 3.06 bits per heavy atom. The van der Waals surface area contributed by atoms with E-state index in [2.05, 4.69) is 29.3 Å². The van der Waals surface area contributed by atoms with Gasteiger partial charge in [-0.1, -0.05) is 30.0 Å². The molecule has 0 aromatic heterocycles. The first kappa shape index (κ1) is 9.44. The summed E-state index contributed by atoms with van der Waals surface area (Å²) in [4.78, 5) is 5.56. The van der Waals surface area contributed by atoms with Gasteiger partial charge in [0.1, 0.15) is 5.04 Å². The molecule has 0 unspecified atom stereocenters. The van der Waals surface area contributed by atoms with Gasteiger partial charge < -0.3 is 0 Å².